The zero-order valence-corrected chi connectivity index (χ0v) is 22.4. The van der Waals surface area contributed by atoms with Crippen molar-refractivity contribution in [3.05, 3.63) is 94.5 Å². The summed E-state index contributed by atoms with van der Waals surface area (Å²) in [5.41, 5.74) is 2.52. The number of ether oxygens (including phenoxy) is 2. The molecule has 0 fully saturated rings. The van der Waals surface area contributed by atoms with Crippen LogP contribution >= 0.6 is 0 Å². The van der Waals surface area contributed by atoms with E-state index in [4.69, 9.17) is 9.47 Å². The molecule has 0 aromatic heterocycles. The van der Waals surface area contributed by atoms with Crippen LogP contribution in [0, 0.1) is 5.92 Å². The summed E-state index contributed by atoms with van der Waals surface area (Å²) in [5, 5.41) is 5.59. The van der Waals surface area contributed by atoms with Gasteiger partial charge in [-0.05, 0) is 73.0 Å². The van der Waals surface area contributed by atoms with Crippen molar-refractivity contribution < 1.29 is 33.4 Å². The molecule has 3 aromatic carbocycles. The Kier molecular flexibility index (Phi) is 8.58. The van der Waals surface area contributed by atoms with Crippen LogP contribution < -0.4 is 15.4 Å². The Balaban J connectivity index is 1.31. The number of nitrogens with zero attached hydrogens (tertiary/aromatic N) is 1. The lowest BCUT2D eigenvalue weighted by Crippen LogP contribution is -2.33. The zero-order valence-electron chi connectivity index (χ0n) is 22.4. The monoisotopic (exact) mass is 543 g/mol. The van der Waals surface area contributed by atoms with Crippen LogP contribution in [-0.4, -0.2) is 47.8 Å². The molecule has 0 bridgehead atoms. The standard InChI is InChI=1S/C30H29N3O7/c1-4-39-30(38)40-23-12-7-20(8-13-23)26(34)31-16-19-5-10-22(11-6-19)32-27(35)21-9-14-24-25(15-21)29(37)33(28(24)36)17-18(2)3/h5-15,18H,4,16-17H2,1-3H3,(H,31,34)(H,32,35). The van der Waals surface area contributed by atoms with Crippen molar-refractivity contribution in [2.75, 3.05) is 18.5 Å². The molecule has 0 spiro atoms. The van der Waals surface area contributed by atoms with Gasteiger partial charge in [0.1, 0.15) is 5.75 Å². The highest BCUT2D eigenvalue weighted by Crippen LogP contribution is 2.25. The summed E-state index contributed by atoms with van der Waals surface area (Å²) < 4.78 is 9.69. The van der Waals surface area contributed by atoms with Gasteiger partial charge in [0, 0.05) is 29.9 Å². The lowest BCUT2D eigenvalue weighted by Gasteiger charge is -2.15. The molecule has 10 heteroatoms. The van der Waals surface area contributed by atoms with Crippen LogP contribution in [0.25, 0.3) is 0 Å². The molecule has 1 aliphatic rings. The maximum atomic E-state index is 12.8. The van der Waals surface area contributed by atoms with E-state index in [2.05, 4.69) is 10.6 Å². The number of anilines is 1. The highest BCUT2D eigenvalue weighted by molar-refractivity contribution is 6.22. The Morgan fingerprint density at radius 1 is 0.825 bits per heavy atom. The van der Waals surface area contributed by atoms with Gasteiger partial charge in [-0.15, -0.1) is 0 Å². The number of hydrogen-bond donors (Lipinski definition) is 2. The third kappa shape index (κ3) is 6.52. The summed E-state index contributed by atoms with van der Waals surface area (Å²) in [6, 6.07) is 17.5. The molecule has 0 saturated carbocycles. The van der Waals surface area contributed by atoms with Crippen LogP contribution in [0.2, 0.25) is 0 Å². The first-order chi connectivity index (χ1) is 19.2. The Hall–Kier alpha value is -4.99. The first kappa shape index (κ1) is 28.0. The second-order valence-corrected chi connectivity index (χ2v) is 9.52. The van der Waals surface area contributed by atoms with Crippen molar-refractivity contribution in [2.45, 2.75) is 27.3 Å². The number of imide groups is 1. The van der Waals surface area contributed by atoms with Crippen LogP contribution in [0.4, 0.5) is 10.5 Å². The van der Waals surface area contributed by atoms with Gasteiger partial charge in [0.25, 0.3) is 23.6 Å². The van der Waals surface area contributed by atoms with E-state index in [1.807, 2.05) is 13.8 Å². The van der Waals surface area contributed by atoms with Gasteiger partial charge >= 0.3 is 6.16 Å². The summed E-state index contributed by atoms with van der Waals surface area (Å²) in [5.74, 6) is -1.06. The Labute approximate surface area is 231 Å². The quantitative estimate of drug-likeness (QED) is 0.228. The van der Waals surface area contributed by atoms with Crippen molar-refractivity contribution in [3.8, 4) is 5.75 Å². The summed E-state index contributed by atoms with van der Waals surface area (Å²) in [4.78, 5) is 63.1. The van der Waals surface area contributed by atoms with Crippen molar-refractivity contribution in [2.24, 2.45) is 5.92 Å². The summed E-state index contributed by atoms with van der Waals surface area (Å²) in [6.45, 7) is 6.29. The highest BCUT2D eigenvalue weighted by atomic mass is 16.7. The number of benzene rings is 3. The van der Waals surface area contributed by atoms with E-state index in [1.165, 1.54) is 47.4 Å². The smallest absolute Gasteiger partial charge is 0.434 e. The fourth-order valence-corrected chi connectivity index (χ4v) is 4.07. The Bertz CT molecular complexity index is 1450. The summed E-state index contributed by atoms with van der Waals surface area (Å²) >= 11 is 0. The van der Waals surface area contributed by atoms with E-state index in [9.17, 15) is 24.0 Å². The Morgan fingerprint density at radius 2 is 1.48 bits per heavy atom. The molecule has 4 rings (SSSR count). The van der Waals surface area contributed by atoms with Gasteiger partial charge in [-0.3, -0.25) is 24.1 Å². The van der Waals surface area contributed by atoms with Crippen LogP contribution in [0.1, 0.15) is 67.8 Å². The van der Waals surface area contributed by atoms with Gasteiger partial charge in [-0.25, -0.2) is 4.79 Å². The molecular weight excluding hydrogens is 514 g/mol. The largest absolute Gasteiger partial charge is 0.513 e. The maximum absolute atomic E-state index is 12.8. The van der Waals surface area contributed by atoms with E-state index in [-0.39, 0.29) is 47.8 Å². The van der Waals surface area contributed by atoms with Crippen molar-refractivity contribution in [1.29, 1.82) is 0 Å². The molecule has 1 aliphatic heterocycles. The molecule has 10 nitrogen and oxygen atoms in total. The SMILES string of the molecule is CCOC(=O)Oc1ccc(C(=O)NCc2ccc(NC(=O)c3ccc4c(c3)C(=O)N(CC(C)C)C4=O)cc2)cc1. The molecule has 3 aromatic rings. The lowest BCUT2D eigenvalue weighted by molar-refractivity contribution is 0.0635. The highest BCUT2D eigenvalue weighted by Gasteiger charge is 2.36. The summed E-state index contributed by atoms with van der Waals surface area (Å²) in [6.07, 6.45) is -0.813. The van der Waals surface area contributed by atoms with Gasteiger partial charge in [0.2, 0.25) is 0 Å². The average molecular weight is 544 g/mol. The molecular formula is C30H29N3O7. The number of carbonyl (C=O) groups excluding carboxylic acids is 5. The van der Waals surface area contributed by atoms with E-state index in [1.54, 1.807) is 31.2 Å². The van der Waals surface area contributed by atoms with Crippen molar-refractivity contribution in [3.63, 3.8) is 0 Å². The second-order valence-electron chi connectivity index (χ2n) is 9.52. The molecule has 4 amide bonds. The number of rotatable bonds is 9. The molecule has 40 heavy (non-hydrogen) atoms. The van der Waals surface area contributed by atoms with E-state index in [0.29, 0.717) is 23.4 Å². The Morgan fingerprint density at radius 3 is 2.12 bits per heavy atom. The molecule has 1 heterocycles. The molecule has 206 valence electrons. The maximum Gasteiger partial charge on any atom is 0.513 e. The van der Waals surface area contributed by atoms with Gasteiger partial charge in [0.05, 0.1) is 17.7 Å². The van der Waals surface area contributed by atoms with Gasteiger partial charge < -0.3 is 20.1 Å². The minimum atomic E-state index is -0.813. The van der Waals surface area contributed by atoms with E-state index < -0.39 is 18.0 Å². The molecule has 0 aliphatic carbocycles. The number of nitrogens with one attached hydrogen (secondary N) is 2. The third-order valence-corrected chi connectivity index (χ3v) is 6.03. The molecule has 0 saturated heterocycles. The predicted octanol–water partition coefficient (Wildman–Crippen LogP) is 4.66. The fourth-order valence-electron chi connectivity index (χ4n) is 4.07. The van der Waals surface area contributed by atoms with E-state index >= 15 is 0 Å². The fraction of sp³-hybridized carbons (Fsp3) is 0.233. The lowest BCUT2D eigenvalue weighted by atomic mass is 10.1. The van der Waals surface area contributed by atoms with Crippen LogP contribution in [-0.2, 0) is 11.3 Å². The number of carbonyl (C=O) groups is 5. The van der Waals surface area contributed by atoms with Crippen molar-refractivity contribution >= 4 is 35.5 Å². The molecule has 0 radical (unpaired) electrons. The predicted molar refractivity (Wildman–Crippen MR) is 146 cm³/mol. The second kappa shape index (κ2) is 12.2. The van der Waals surface area contributed by atoms with Crippen LogP contribution in [0.5, 0.6) is 5.75 Å². The average Bonchev–Trinajstić information content (AvgIpc) is 3.17. The van der Waals surface area contributed by atoms with Crippen LogP contribution in [0.15, 0.2) is 66.7 Å². The number of hydrogen-bond acceptors (Lipinski definition) is 7. The minimum absolute atomic E-state index is 0.131. The normalized spacial score (nSPS) is 12.2. The van der Waals surface area contributed by atoms with Gasteiger partial charge in [-0.1, -0.05) is 26.0 Å². The number of amides is 4. The van der Waals surface area contributed by atoms with E-state index in [0.717, 1.165) is 5.56 Å². The number of fused-ring (bicyclic) bond motifs is 1. The minimum Gasteiger partial charge on any atom is -0.434 e. The van der Waals surface area contributed by atoms with Crippen molar-refractivity contribution in [1.82, 2.24) is 10.2 Å². The summed E-state index contributed by atoms with van der Waals surface area (Å²) in [7, 11) is 0. The first-order valence-corrected chi connectivity index (χ1v) is 12.8. The topological polar surface area (TPSA) is 131 Å². The zero-order chi connectivity index (χ0) is 28.8. The molecule has 0 unspecified atom stereocenters. The molecule has 2 N–H and O–H groups in total. The third-order valence-electron chi connectivity index (χ3n) is 6.03. The first-order valence-electron chi connectivity index (χ1n) is 12.8. The van der Waals surface area contributed by atoms with Gasteiger partial charge in [0.15, 0.2) is 0 Å². The molecule has 0 atom stereocenters. The van der Waals surface area contributed by atoms with Crippen LogP contribution in [0.3, 0.4) is 0 Å². The van der Waals surface area contributed by atoms with Gasteiger partial charge in [-0.2, -0.15) is 0 Å².